The molecule has 1 aromatic heterocycles. The van der Waals surface area contributed by atoms with E-state index >= 15 is 0 Å². The molecule has 0 atom stereocenters. The minimum Gasteiger partial charge on any atom is -0.494 e. The zero-order chi connectivity index (χ0) is 13.8. The molecule has 2 aromatic rings. The summed E-state index contributed by atoms with van der Waals surface area (Å²) >= 11 is 0. The molecule has 2 rings (SSSR count). The first-order chi connectivity index (χ1) is 9.10. The number of hydrogen-bond donors (Lipinski definition) is 1. The lowest BCUT2D eigenvalue weighted by Gasteiger charge is -2.08. The topological polar surface area (TPSA) is 34.1 Å². The summed E-state index contributed by atoms with van der Waals surface area (Å²) in [6.45, 7) is 2.39. The Bertz CT molecular complexity index is 573. The standard InChI is InChI=1S/C13H11F3N2O/c1-2-19-9-5-3-8(4-6-9)17-13-11(15)7-10(14)12(16)18-13/h3-7H,2H2,1H3,(H,17,18). The third-order valence-corrected chi connectivity index (χ3v) is 2.31. The first kappa shape index (κ1) is 13.2. The van der Waals surface area contributed by atoms with E-state index in [4.69, 9.17) is 4.74 Å². The molecule has 100 valence electrons. The molecule has 0 amide bonds. The van der Waals surface area contributed by atoms with Crippen LogP contribution in [0.1, 0.15) is 6.92 Å². The Hall–Kier alpha value is -2.24. The first-order valence-corrected chi connectivity index (χ1v) is 5.61. The van der Waals surface area contributed by atoms with Gasteiger partial charge in [0.1, 0.15) is 5.75 Å². The van der Waals surface area contributed by atoms with Crippen molar-refractivity contribution in [2.75, 3.05) is 11.9 Å². The van der Waals surface area contributed by atoms with Gasteiger partial charge < -0.3 is 10.1 Å². The second-order valence-corrected chi connectivity index (χ2v) is 3.67. The number of nitrogens with one attached hydrogen (secondary N) is 1. The van der Waals surface area contributed by atoms with Gasteiger partial charge >= 0.3 is 0 Å². The van der Waals surface area contributed by atoms with Gasteiger partial charge in [0.05, 0.1) is 6.61 Å². The fourth-order valence-corrected chi connectivity index (χ4v) is 1.47. The molecule has 0 aliphatic heterocycles. The summed E-state index contributed by atoms with van der Waals surface area (Å²) in [4.78, 5) is 3.17. The molecule has 0 unspecified atom stereocenters. The van der Waals surface area contributed by atoms with E-state index in [1.165, 1.54) is 0 Å². The monoisotopic (exact) mass is 268 g/mol. The van der Waals surface area contributed by atoms with Crippen LogP contribution in [-0.2, 0) is 0 Å². The highest BCUT2D eigenvalue weighted by atomic mass is 19.2. The third-order valence-electron chi connectivity index (χ3n) is 2.31. The number of halogens is 3. The average Bonchev–Trinajstić information content (AvgIpc) is 2.38. The Kier molecular flexibility index (Phi) is 3.89. The number of benzene rings is 1. The molecule has 6 heteroatoms. The Balaban J connectivity index is 2.19. The van der Waals surface area contributed by atoms with Crippen LogP contribution in [0.5, 0.6) is 5.75 Å². The fourth-order valence-electron chi connectivity index (χ4n) is 1.47. The Morgan fingerprint density at radius 2 is 1.79 bits per heavy atom. The first-order valence-electron chi connectivity index (χ1n) is 5.61. The van der Waals surface area contributed by atoms with Gasteiger partial charge in [-0.2, -0.15) is 9.37 Å². The van der Waals surface area contributed by atoms with Gasteiger partial charge in [0.15, 0.2) is 17.5 Å². The number of ether oxygens (including phenoxy) is 1. The zero-order valence-electron chi connectivity index (χ0n) is 10.1. The van der Waals surface area contributed by atoms with Crippen LogP contribution >= 0.6 is 0 Å². The van der Waals surface area contributed by atoms with Crippen molar-refractivity contribution in [3.05, 3.63) is 47.9 Å². The summed E-state index contributed by atoms with van der Waals surface area (Å²) in [5.41, 5.74) is 0.487. The molecular weight excluding hydrogens is 257 g/mol. The largest absolute Gasteiger partial charge is 0.494 e. The molecule has 0 radical (unpaired) electrons. The maximum atomic E-state index is 13.4. The normalized spacial score (nSPS) is 10.3. The second-order valence-electron chi connectivity index (χ2n) is 3.67. The minimum atomic E-state index is -1.35. The van der Waals surface area contributed by atoms with E-state index in [0.717, 1.165) is 0 Å². The maximum Gasteiger partial charge on any atom is 0.251 e. The smallest absolute Gasteiger partial charge is 0.251 e. The second kappa shape index (κ2) is 5.60. The number of rotatable bonds is 4. The Labute approximate surface area is 108 Å². The van der Waals surface area contributed by atoms with Crippen LogP contribution in [0.3, 0.4) is 0 Å². The fraction of sp³-hybridized carbons (Fsp3) is 0.154. The molecule has 0 fully saturated rings. The van der Waals surface area contributed by atoms with Crippen molar-refractivity contribution in [1.29, 1.82) is 0 Å². The number of nitrogens with zero attached hydrogens (tertiary/aromatic N) is 1. The predicted molar refractivity (Wildman–Crippen MR) is 65.0 cm³/mol. The lowest BCUT2D eigenvalue weighted by molar-refractivity contribution is 0.340. The molecule has 0 spiro atoms. The van der Waals surface area contributed by atoms with E-state index in [1.54, 1.807) is 24.3 Å². The molecule has 0 aliphatic rings. The van der Waals surface area contributed by atoms with Gasteiger partial charge in [-0.3, -0.25) is 0 Å². The van der Waals surface area contributed by atoms with Crippen molar-refractivity contribution in [2.45, 2.75) is 6.92 Å². The summed E-state index contributed by atoms with van der Waals surface area (Å²) in [5, 5.41) is 2.56. The average molecular weight is 268 g/mol. The minimum absolute atomic E-state index is 0.372. The van der Waals surface area contributed by atoms with Crippen molar-refractivity contribution in [2.24, 2.45) is 0 Å². The summed E-state index contributed by atoms with van der Waals surface area (Å²) in [5.74, 6) is -3.35. The van der Waals surface area contributed by atoms with Gasteiger partial charge in [0.2, 0.25) is 0 Å². The van der Waals surface area contributed by atoms with Gasteiger partial charge in [-0.15, -0.1) is 0 Å². The summed E-state index contributed by atoms with van der Waals surface area (Å²) < 4.78 is 44.2. The predicted octanol–water partition coefficient (Wildman–Crippen LogP) is 3.64. The van der Waals surface area contributed by atoms with Crippen LogP contribution in [0.25, 0.3) is 0 Å². The molecule has 0 saturated carbocycles. The highest BCUT2D eigenvalue weighted by Crippen LogP contribution is 2.21. The Morgan fingerprint density at radius 1 is 1.11 bits per heavy atom. The SMILES string of the molecule is CCOc1ccc(Nc2nc(F)c(F)cc2F)cc1. The van der Waals surface area contributed by atoms with Crippen LogP contribution in [0, 0.1) is 17.6 Å². The van der Waals surface area contributed by atoms with Crippen LogP contribution in [0.2, 0.25) is 0 Å². The summed E-state index contributed by atoms with van der Waals surface area (Å²) in [6, 6.07) is 7.02. The molecule has 3 nitrogen and oxygen atoms in total. The van der Waals surface area contributed by atoms with Crippen LogP contribution in [0.4, 0.5) is 24.7 Å². The number of pyridine rings is 1. The highest BCUT2D eigenvalue weighted by Gasteiger charge is 2.11. The number of aromatic nitrogens is 1. The molecular formula is C13H11F3N2O. The molecule has 0 bridgehead atoms. The number of anilines is 2. The molecule has 0 saturated heterocycles. The lowest BCUT2D eigenvalue weighted by atomic mass is 10.3. The van der Waals surface area contributed by atoms with E-state index in [0.29, 0.717) is 24.1 Å². The maximum absolute atomic E-state index is 13.4. The van der Waals surface area contributed by atoms with Gasteiger partial charge in [-0.05, 0) is 31.2 Å². The summed E-state index contributed by atoms with van der Waals surface area (Å²) in [6.07, 6.45) is 0. The number of hydrogen-bond acceptors (Lipinski definition) is 3. The van der Waals surface area contributed by atoms with Crippen molar-refractivity contribution in [1.82, 2.24) is 4.98 Å². The van der Waals surface area contributed by atoms with Crippen molar-refractivity contribution >= 4 is 11.5 Å². The van der Waals surface area contributed by atoms with Crippen LogP contribution in [-0.4, -0.2) is 11.6 Å². The van der Waals surface area contributed by atoms with E-state index in [9.17, 15) is 13.2 Å². The molecule has 1 heterocycles. The van der Waals surface area contributed by atoms with E-state index in [-0.39, 0.29) is 5.82 Å². The Morgan fingerprint density at radius 3 is 2.42 bits per heavy atom. The van der Waals surface area contributed by atoms with Gasteiger partial charge in [-0.25, -0.2) is 8.78 Å². The van der Waals surface area contributed by atoms with Gasteiger partial charge in [-0.1, -0.05) is 0 Å². The zero-order valence-corrected chi connectivity index (χ0v) is 10.1. The third kappa shape index (κ3) is 3.15. The quantitative estimate of drug-likeness (QED) is 0.859. The van der Waals surface area contributed by atoms with Crippen LogP contribution < -0.4 is 10.1 Å². The van der Waals surface area contributed by atoms with E-state index < -0.39 is 17.6 Å². The van der Waals surface area contributed by atoms with Gasteiger partial charge in [0, 0.05) is 11.8 Å². The molecule has 1 aromatic carbocycles. The molecule has 1 N–H and O–H groups in total. The van der Waals surface area contributed by atoms with E-state index in [1.807, 2.05) is 6.92 Å². The van der Waals surface area contributed by atoms with Crippen molar-refractivity contribution in [3.63, 3.8) is 0 Å². The summed E-state index contributed by atoms with van der Waals surface area (Å²) in [7, 11) is 0. The highest BCUT2D eigenvalue weighted by molar-refractivity contribution is 5.57. The van der Waals surface area contributed by atoms with Gasteiger partial charge in [0.25, 0.3) is 5.95 Å². The molecule has 0 aliphatic carbocycles. The van der Waals surface area contributed by atoms with Crippen molar-refractivity contribution < 1.29 is 17.9 Å². The molecule has 19 heavy (non-hydrogen) atoms. The lowest BCUT2D eigenvalue weighted by Crippen LogP contribution is -2.01. The van der Waals surface area contributed by atoms with Crippen molar-refractivity contribution in [3.8, 4) is 5.75 Å². The van der Waals surface area contributed by atoms with Crippen LogP contribution in [0.15, 0.2) is 30.3 Å². The van der Waals surface area contributed by atoms with E-state index in [2.05, 4.69) is 10.3 Å².